The molecule has 1 aromatic heterocycles. The number of nitrogens with zero attached hydrogens (tertiary/aromatic N) is 2. The van der Waals surface area contributed by atoms with Crippen molar-refractivity contribution in [3.05, 3.63) is 48.3 Å². The van der Waals surface area contributed by atoms with Crippen molar-refractivity contribution in [3.63, 3.8) is 0 Å². The van der Waals surface area contributed by atoms with Crippen LogP contribution < -0.4 is 5.32 Å². The van der Waals surface area contributed by atoms with Gasteiger partial charge in [0.2, 0.25) is 10.2 Å². The Morgan fingerprint density at radius 3 is 2.91 bits per heavy atom. The van der Waals surface area contributed by atoms with Gasteiger partial charge in [0.25, 0.3) is 0 Å². The zero-order valence-electron chi connectivity index (χ0n) is 12.1. The molecule has 7 heteroatoms. The fraction of sp³-hybridized carbons (Fsp3) is 0.125. The van der Waals surface area contributed by atoms with Crippen LogP contribution in [-0.4, -0.2) is 20.3 Å². The van der Waals surface area contributed by atoms with Gasteiger partial charge in [0.05, 0.1) is 10.9 Å². The number of thiol groups is 1. The second-order valence-corrected chi connectivity index (χ2v) is 8.07. The maximum atomic E-state index is 12.3. The molecule has 2 N–H and O–H groups in total. The summed E-state index contributed by atoms with van der Waals surface area (Å²) in [6.45, 7) is 0. The van der Waals surface area contributed by atoms with Gasteiger partial charge >= 0.3 is 0 Å². The Kier molecular flexibility index (Phi) is 3.37. The number of anilines is 2. The number of benzene rings is 2. The molecule has 0 saturated heterocycles. The van der Waals surface area contributed by atoms with E-state index in [1.165, 1.54) is 6.33 Å². The molecule has 5 nitrogen and oxygen atoms in total. The maximum absolute atomic E-state index is 12.3. The monoisotopic (exact) mass is 344 g/mol. The maximum Gasteiger partial charge on any atom is 0.248 e. The lowest BCUT2D eigenvalue weighted by Gasteiger charge is -2.10. The van der Waals surface area contributed by atoms with Gasteiger partial charge in [-0.25, -0.2) is 9.97 Å². The molecule has 2 heterocycles. The average molecular weight is 344 g/mol. The van der Waals surface area contributed by atoms with Crippen molar-refractivity contribution in [1.29, 1.82) is 0 Å². The van der Waals surface area contributed by atoms with E-state index >= 15 is 0 Å². The quantitative estimate of drug-likeness (QED) is 0.490. The van der Waals surface area contributed by atoms with E-state index < -0.39 is 10.2 Å². The summed E-state index contributed by atoms with van der Waals surface area (Å²) in [5.74, 6) is 0.893. The second-order valence-electron chi connectivity index (χ2n) is 5.43. The standard InChI is InChI=1S/C16H13N3O2S2/c20-23(21)7-6-12-14(23)5-4-13-15(12)16(18-9-17-13)19-10-2-1-3-11(22)8-10/h1-5,8-9H,6-7H2,(H2-,17,18,19,20,21,22)/p+1. The van der Waals surface area contributed by atoms with Crippen LogP contribution in [0, 0.1) is 0 Å². The van der Waals surface area contributed by atoms with Crippen LogP contribution in [0.1, 0.15) is 5.56 Å². The van der Waals surface area contributed by atoms with Crippen LogP contribution >= 0.6 is 12.6 Å². The van der Waals surface area contributed by atoms with Gasteiger partial charge in [-0.3, -0.25) is 0 Å². The van der Waals surface area contributed by atoms with E-state index in [1.54, 1.807) is 12.1 Å². The summed E-state index contributed by atoms with van der Waals surface area (Å²) >= 11 is 4.34. The van der Waals surface area contributed by atoms with Crippen LogP contribution in [0.2, 0.25) is 0 Å². The highest BCUT2D eigenvalue weighted by molar-refractivity contribution is 7.98. The molecule has 0 aliphatic carbocycles. The molecular formula is C16H14N3O2S2+. The summed E-state index contributed by atoms with van der Waals surface area (Å²) in [4.78, 5) is 9.97. The molecule has 0 amide bonds. The third-order valence-corrected chi connectivity index (χ3v) is 6.06. The molecule has 116 valence electrons. The minimum absolute atomic E-state index is 0.252. The summed E-state index contributed by atoms with van der Waals surface area (Å²) in [6.07, 6.45) is 2.05. The molecule has 0 fully saturated rings. The van der Waals surface area contributed by atoms with E-state index in [4.69, 9.17) is 0 Å². The van der Waals surface area contributed by atoms with Gasteiger partial charge in [-0.2, -0.15) is 4.55 Å². The molecule has 0 bridgehead atoms. The predicted molar refractivity (Wildman–Crippen MR) is 94.0 cm³/mol. The number of fused-ring (bicyclic) bond motifs is 3. The van der Waals surface area contributed by atoms with Gasteiger partial charge < -0.3 is 5.32 Å². The first-order chi connectivity index (χ1) is 11.0. The number of aryl methyl sites for hydroxylation is 1. The Morgan fingerprint density at radius 1 is 1.22 bits per heavy atom. The molecule has 1 unspecified atom stereocenters. The van der Waals surface area contributed by atoms with Gasteiger partial charge in [-0.1, -0.05) is 10.3 Å². The van der Waals surface area contributed by atoms with Crippen molar-refractivity contribution < 1.29 is 8.76 Å². The number of rotatable bonds is 2. The second kappa shape index (κ2) is 5.30. The average Bonchev–Trinajstić information content (AvgIpc) is 2.83. The number of aromatic nitrogens is 2. The summed E-state index contributed by atoms with van der Waals surface area (Å²) in [6, 6.07) is 11.1. The van der Waals surface area contributed by atoms with Crippen molar-refractivity contribution >= 4 is 45.3 Å². The topological polar surface area (TPSA) is 75.1 Å². The minimum atomic E-state index is -2.94. The first kappa shape index (κ1) is 14.6. The SMILES string of the molecule is O=[S+]1(O)CCc2c1ccc1ncnc(Nc3cccc(S)c3)c21. The van der Waals surface area contributed by atoms with Crippen molar-refractivity contribution in [3.8, 4) is 0 Å². The fourth-order valence-corrected chi connectivity index (χ4v) is 4.71. The van der Waals surface area contributed by atoms with Crippen LogP contribution in [0.3, 0.4) is 0 Å². The lowest BCUT2D eigenvalue weighted by molar-refractivity contribution is 0.501. The zero-order chi connectivity index (χ0) is 16.0. The third kappa shape index (κ3) is 2.50. The molecule has 4 rings (SSSR count). The number of hydrogen-bond donors (Lipinski definition) is 3. The first-order valence-electron chi connectivity index (χ1n) is 7.11. The van der Waals surface area contributed by atoms with Crippen molar-refractivity contribution in [2.45, 2.75) is 16.2 Å². The minimum Gasteiger partial charge on any atom is -0.340 e. The zero-order valence-corrected chi connectivity index (χ0v) is 13.8. The summed E-state index contributed by atoms with van der Waals surface area (Å²) < 4.78 is 22.3. The molecule has 0 saturated carbocycles. The van der Waals surface area contributed by atoms with Gasteiger partial charge in [0, 0.05) is 22.6 Å². The third-order valence-electron chi connectivity index (χ3n) is 3.95. The smallest absolute Gasteiger partial charge is 0.248 e. The van der Waals surface area contributed by atoms with E-state index in [0.717, 1.165) is 27.0 Å². The molecule has 0 spiro atoms. The van der Waals surface area contributed by atoms with Crippen LogP contribution in [0.4, 0.5) is 11.5 Å². The van der Waals surface area contributed by atoms with E-state index in [1.807, 2.05) is 24.3 Å². The highest BCUT2D eigenvalue weighted by Crippen LogP contribution is 2.37. The largest absolute Gasteiger partial charge is 0.340 e. The highest BCUT2D eigenvalue weighted by atomic mass is 32.3. The molecule has 1 aliphatic heterocycles. The molecule has 3 aromatic rings. The van der Waals surface area contributed by atoms with Gasteiger partial charge in [-0.05, 0) is 30.3 Å². The van der Waals surface area contributed by atoms with E-state index in [0.29, 0.717) is 17.1 Å². The Bertz CT molecular complexity index is 975. The van der Waals surface area contributed by atoms with Crippen molar-refractivity contribution in [1.82, 2.24) is 9.97 Å². The summed E-state index contributed by atoms with van der Waals surface area (Å²) in [5.41, 5.74) is 2.48. The molecule has 2 aromatic carbocycles. The van der Waals surface area contributed by atoms with Crippen molar-refractivity contribution in [2.75, 3.05) is 11.1 Å². The van der Waals surface area contributed by atoms with Crippen LogP contribution in [0.25, 0.3) is 10.9 Å². The van der Waals surface area contributed by atoms with E-state index in [2.05, 4.69) is 27.9 Å². The normalized spacial score (nSPS) is 19.7. The summed E-state index contributed by atoms with van der Waals surface area (Å²) in [5, 5.41) is 4.08. The van der Waals surface area contributed by atoms with Gasteiger partial charge in [-0.15, -0.1) is 12.6 Å². The first-order valence-corrected chi connectivity index (χ1v) is 9.25. The Balaban J connectivity index is 1.91. The number of nitrogens with one attached hydrogen (secondary N) is 1. The van der Waals surface area contributed by atoms with Gasteiger partial charge in [0.1, 0.15) is 12.1 Å². The van der Waals surface area contributed by atoms with Crippen molar-refractivity contribution in [2.24, 2.45) is 0 Å². The molecule has 1 aliphatic rings. The fourth-order valence-electron chi connectivity index (χ4n) is 2.91. The highest BCUT2D eigenvalue weighted by Gasteiger charge is 2.40. The van der Waals surface area contributed by atoms with Crippen LogP contribution in [-0.2, 0) is 20.8 Å². The number of hydrogen-bond acceptors (Lipinski definition) is 5. The lowest BCUT2D eigenvalue weighted by atomic mass is 10.1. The molecular weight excluding hydrogens is 330 g/mol. The Hall–Kier alpha value is -1.96. The predicted octanol–water partition coefficient (Wildman–Crippen LogP) is 3.55. The lowest BCUT2D eigenvalue weighted by Crippen LogP contribution is -2.08. The van der Waals surface area contributed by atoms with E-state index in [9.17, 15) is 8.76 Å². The molecule has 0 radical (unpaired) electrons. The van der Waals surface area contributed by atoms with Crippen LogP contribution in [0.15, 0.2) is 52.5 Å². The Labute approximate surface area is 139 Å². The molecule has 1 atom stereocenters. The Morgan fingerprint density at radius 2 is 2.09 bits per heavy atom. The van der Waals surface area contributed by atoms with Gasteiger partial charge in [0.15, 0.2) is 10.6 Å². The van der Waals surface area contributed by atoms with E-state index in [-0.39, 0.29) is 5.75 Å². The van der Waals surface area contributed by atoms with Crippen LogP contribution in [0.5, 0.6) is 0 Å². The molecule has 23 heavy (non-hydrogen) atoms. The summed E-state index contributed by atoms with van der Waals surface area (Å²) in [7, 11) is -2.94.